The Balaban J connectivity index is 2.96. The average molecular weight is 167 g/mol. The molecule has 57 valence electrons. The average Bonchev–Trinajstić information content (AvgIpc) is 2.03. The zero-order chi connectivity index (χ0) is 8.27. The Morgan fingerprint density at radius 1 is 1.55 bits per heavy atom. The third kappa shape index (κ3) is 1.91. The Bertz CT molecular complexity index is 271. The van der Waals surface area contributed by atoms with Gasteiger partial charge in [-0.1, -0.05) is 18.7 Å². The molecule has 0 aliphatic heterocycles. The van der Waals surface area contributed by atoms with Crippen LogP contribution < -0.4 is 0 Å². The van der Waals surface area contributed by atoms with Crippen LogP contribution in [0.5, 0.6) is 0 Å². The van der Waals surface area contributed by atoms with Crippen LogP contribution in [0.1, 0.15) is 10.4 Å². The van der Waals surface area contributed by atoms with Gasteiger partial charge in [0.05, 0.1) is 12.7 Å². The lowest BCUT2D eigenvalue weighted by Gasteiger charge is -1.97. The van der Waals surface area contributed by atoms with Crippen molar-refractivity contribution >= 4 is 18.6 Å². The molecule has 0 bridgehead atoms. The maximum Gasteiger partial charge on any atom is 0.337 e. The lowest BCUT2D eigenvalue weighted by Crippen LogP contribution is -2.00. The van der Waals surface area contributed by atoms with Crippen molar-refractivity contribution in [2.24, 2.45) is 0 Å². The number of carbonyl (C=O) groups excluding carboxylic acids is 1. The maximum absolute atomic E-state index is 10.9. The standard InChI is InChI=1S/C8H7O2S/c1-10-8(9)6-3-2-4-7(11)5-6/h2-5H,1H3. The Hall–Kier alpha value is -1.09. The predicted molar refractivity (Wildman–Crippen MR) is 43.6 cm³/mol. The molecule has 0 saturated heterocycles. The second-order valence-electron chi connectivity index (χ2n) is 2.02. The molecule has 0 amide bonds. The zero-order valence-corrected chi connectivity index (χ0v) is 6.85. The summed E-state index contributed by atoms with van der Waals surface area (Å²) in [5.74, 6) is -0.350. The van der Waals surface area contributed by atoms with Gasteiger partial charge >= 0.3 is 5.97 Å². The van der Waals surface area contributed by atoms with E-state index in [9.17, 15) is 4.79 Å². The summed E-state index contributed by atoms with van der Waals surface area (Å²) in [5.41, 5.74) is 0.500. The summed E-state index contributed by atoms with van der Waals surface area (Å²) >= 11 is 4.86. The van der Waals surface area contributed by atoms with E-state index in [2.05, 4.69) is 4.74 Å². The van der Waals surface area contributed by atoms with Gasteiger partial charge in [-0.25, -0.2) is 4.79 Å². The molecule has 2 nitrogen and oxygen atoms in total. The minimum absolute atomic E-state index is 0.350. The first kappa shape index (κ1) is 8.01. The molecule has 3 heteroatoms. The maximum atomic E-state index is 10.9. The lowest BCUT2D eigenvalue weighted by molar-refractivity contribution is 0.0600. The Labute approximate surface area is 70.6 Å². The molecule has 0 aromatic heterocycles. The number of benzene rings is 1. The van der Waals surface area contributed by atoms with Crippen molar-refractivity contribution in [3.05, 3.63) is 29.8 Å². The molecule has 0 fully saturated rings. The van der Waals surface area contributed by atoms with E-state index in [4.69, 9.17) is 12.6 Å². The summed E-state index contributed by atoms with van der Waals surface area (Å²) in [5, 5.41) is 0. The number of rotatable bonds is 1. The molecule has 0 aliphatic rings. The van der Waals surface area contributed by atoms with Gasteiger partial charge in [0.1, 0.15) is 0 Å². The van der Waals surface area contributed by atoms with E-state index in [1.807, 2.05) is 0 Å². The predicted octanol–water partition coefficient (Wildman–Crippen LogP) is 2.03. The number of hydrogen-bond acceptors (Lipinski definition) is 2. The zero-order valence-electron chi connectivity index (χ0n) is 6.03. The van der Waals surface area contributed by atoms with Crippen molar-refractivity contribution in [1.82, 2.24) is 0 Å². The Kier molecular flexibility index (Phi) is 2.44. The minimum Gasteiger partial charge on any atom is -0.465 e. The van der Waals surface area contributed by atoms with Gasteiger partial charge in [0.2, 0.25) is 0 Å². The van der Waals surface area contributed by atoms with E-state index in [0.29, 0.717) is 10.5 Å². The van der Waals surface area contributed by atoms with E-state index in [0.717, 1.165) is 0 Å². The molecule has 0 aliphatic carbocycles. The van der Waals surface area contributed by atoms with E-state index in [1.54, 1.807) is 24.3 Å². The van der Waals surface area contributed by atoms with Gasteiger partial charge in [0.15, 0.2) is 0 Å². The van der Waals surface area contributed by atoms with Crippen LogP contribution in [0, 0.1) is 0 Å². The molecule has 0 spiro atoms. The molecule has 1 aromatic carbocycles. The summed E-state index contributed by atoms with van der Waals surface area (Å²) in [6.07, 6.45) is 0. The van der Waals surface area contributed by atoms with Gasteiger partial charge in [-0.15, -0.1) is 0 Å². The number of methoxy groups -OCH3 is 1. The highest BCUT2D eigenvalue weighted by Gasteiger charge is 2.03. The fraction of sp³-hybridized carbons (Fsp3) is 0.125. The molecule has 0 N–H and O–H groups in total. The van der Waals surface area contributed by atoms with Gasteiger partial charge < -0.3 is 4.74 Å². The quantitative estimate of drug-likeness (QED) is 0.598. The summed E-state index contributed by atoms with van der Waals surface area (Å²) in [6.45, 7) is 0. The van der Waals surface area contributed by atoms with Gasteiger partial charge in [0, 0.05) is 4.90 Å². The highest BCUT2D eigenvalue weighted by molar-refractivity contribution is 7.80. The van der Waals surface area contributed by atoms with Crippen molar-refractivity contribution < 1.29 is 9.53 Å². The van der Waals surface area contributed by atoms with Crippen LogP contribution >= 0.6 is 12.6 Å². The van der Waals surface area contributed by atoms with Crippen LogP contribution in [0.3, 0.4) is 0 Å². The third-order valence-corrected chi connectivity index (χ3v) is 1.51. The van der Waals surface area contributed by atoms with Crippen LogP contribution in [0.2, 0.25) is 0 Å². The molecular formula is C8H7O2S. The van der Waals surface area contributed by atoms with E-state index in [1.165, 1.54) is 7.11 Å². The molecule has 11 heavy (non-hydrogen) atoms. The van der Waals surface area contributed by atoms with Crippen molar-refractivity contribution in [2.45, 2.75) is 4.90 Å². The monoisotopic (exact) mass is 167 g/mol. The van der Waals surface area contributed by atoms with Gasteiger partial charge in [-0.05, 0) is 18.2 Å². The molecule has 1 rings (SSSR count). The second-order valence-corrected chi connectivity index (χ2v) is 2.49. The topological polar surface area (TPSA) is 26.3 Å². The van der Waals surface area contributed by atoms with Crippen molar-refractivity contribution in [2.75, 3.05) is 7.11 Å². The van der Waals surface area contributed by atoms with E-state index >= 15 is 0 Å². The fourth-order valence-electron chi connectivity index (χ4n) is 0.741. The lowest BCUT2D eigenvalue weighted by atomic mass is 10.2. The largest absolute Gasteiger partial charge is 0.465 e. The number of esters is 1. The Morgan fingerprint density at radius 2 is 2.27 bits per heavy atom. The van der Waals surface area contributed by atoms with Gasteiger partial charge in [-0.2, -0.15) is 0 Å². The highest BCUT2D eigenvalue weighted by atomic mass is 32.1. The Morgan fingerprint density at radius 3 is 2.82 bits per heavy atom. The molecular weight excluding hydrogens is 160 g/mol. The summed E-state index contributed by atoms with van der Waals surface area (Å²) in [4.78, 5) is 11.5. The molecule has 0 unspecified atom stereocenters. The first-order valence-electron chi connectivity index (χ1n) is 3.09. The normalized spacial score (nSPS) is 9.18. The van der Waals surface area contributed by atoms with Crippen LogP contribution in [-0.4, -0.2) is 13.1 Å². The number of carbonyl (C=O) groups is 1. The number of ether oxygens (including phenoxy) is 1. The molecule has 1 aromatic rings. The molecule has 0 atom stereocenters. The minimum atomic E-state index is -0.350. The van der Waals surface area contributed by atoms with Crippen molar-refractivity contribution in [3.8, 4) is 0 Å². The summed E-state index contributed by atoms with van der Waals surface area (Å²) in [6, 6.07) is 6.76. The van der Waals surface area contributed by atoms with Crippen LogP contribution in [0.15, 0.2) is 29.2 Å². The van der Waals surface area contributed by atoms with E-state index in [-0.39, 0.29) is 5.97 Å². The SMILES string of the molecule is COC(=O)c1cccc([S])c1. The van der Waals surface area contributed by atoms with Crippen LogP contribution in [0.4, 0.5) is 0 Å². The van der Waals surface area contributed by atoms with Crippen molar-refractivity contribution in [3.63, 3.8) is 0 Å². The van der Waals surface area contributed by atoms with Crippen LogP contribution in [-0.2, 0) is 4.74 Å². The smallest absolute Gasteiger partial charge is 0.337 e. The first-order valence-corrected chi connectivity index (χ1v) is 3.50. The van der Waals surface area contributed by atoms with Crippen molar-refractivity contribution in [1.29, 1.82) is 0 Å². The van der Waals surface area contributed by atoms with Crippen LogP contribution in [0.25, 0.3) is 0 Å². The molecule has 1 radical (unpaired) electrons. The molecule has 0 saturated carbocycles. The second kappa shape index (κ2) is 3.34. The number of hydrogen-bond donors (Lipinski definition) is 0. The molecule has 0 heterocycles. The highest BCUT2D eigenvalue weighted by Crippen LogP contribution is 2.09. The fourth-order valence-corrected chi connectivity index (χ4v) is 0.946. The van der Waals surface area contributed by atoms with Gasteiger partial charge in [-0.3, -0.25) is 0 Å². The third-order valence-electron chi connectivity index (χ3n) is 1.26. The first-order chi connectivity index (χ1) is 5.24. The summed E-state index contributed by atoms with van der Waals surface area (Å²) in [7, 11) is 1.35. The van der Waals surface area contributed by atoms with Gasteiger partial charge in [0.25, 0.3) is 0 Å². The van der Waals surface area contributed by atoms with E-state index < -0.39 is 0 Å². The summed E-state index contributed by atoms with van der Waals surface area (Å²) < 4.78 is 4.51.